The quantitative estimate of drug-likeness (QED) is 0.908. The van der Waals surface area contributed by atoms with Gasteiger partial charge in [-0.25, -0.2) is 0 Å². The van der Waals surface area contributed by atoms with Crippen molar-refractivity contribution in [3.8, 4) is 0 Å². The van der Waals surface area contributed by atoms with Gasteiger partial charge < -0.3 is 5.11 Å². The highest BCUT2D eigenvalue weighted by molar-refractivity contribution is 5.81. The van der Waals surface area contributed by atoms with Crippen LogP contribution in [0, 0.1) is 5.92 Å². The van der Waals surface area contributed by atoms with Crippen molar-refractivity contribution in [1.82, 2.24) is 14.7 Å². The van der Waals surface area contributed by atoms with Gasteiger partial charge in [0.2, 0.25) is 0 Å². The molecule has 0 bridgehead atoms. The Balaban J connectivity index is 1.78. The number of aliphatic hydroxyl groups is 1. The Morgan fingerprint density at radius 1 is 1.35 bits per heavy atom. The predicted octanol–water partition coefficient (Wildman–Crippen LogP) is 2.26. The van der Waals surface area contributed by atoms with Gasteiger partial charge in [0.15, 0.2) is 0 Å². The van der Waals surface area contributed by atoms with Gasteiger partial charge in [0.1, 0.15) is 0 Å². The lowest BCUT2D eigenvalue weighted by Gasteiger charge is -2.14. The van der Waals surface area contributed by atoms with Gasteiger partial charge in [0.05, 0.1) is 11.2 Å². The van der Waals surface area contributed by atoms with Crippen molar-refractivity contribution in [3.05, 3.63) is 30.0 Å². The molecule has 2 heterocycles. The summed E-state index contributed by atoms with van der Waals surface area (Å²) in [6.45, 7) is 6.50. The molecule has 3 rings (SSSR count). The van der Waals surface area contributed by atoms with Crippen LogP contribution in [0.5, 0.6) is 0 Å². The lowest BCUT2D eigenvalue weighted by atomic mass is 10.1. The van der Waals surface area contributed by atoms with Crippen LogP contribution in [0.15, 0.2) is 24.3 Å². The van der Waals surface area contributed by atoms with E-state index in [-0.39, 0.29) is 0 Å². The highest BCUT2D eigenvalue weighted by atomic mass is 16.3. The average molecular weight is 273 g/mol. The molecule has 1 saturated heterocycles. The standard InChI is InChI=1S/C16H23N3O/c1-2-19-16-6-4-3-5-14(16)15(17-19)12-18-9-7-13(11-18)8-10-20/h3-6,13,20H,2,7-12H2,1H3. The van der Waals surface area contributed by atoms with E-state index in [0.29, 0.717) is 12.5 Å². The number of rotatable bonds is 5. The Kier molecular flexibility index (Phi) is 4.03. The molecule has 0 radical (unpaired) electrons. The summed E-state index contributed by atoms with van der Waals surface area (Å²) in [4.78, 5) is 2.47. The molecule has 2 aromatic rings. The van der Waals surface area contributed by atoms with E-state index in [0.717, 1.165) is 32.6 Å². The van der Waals surface area contributed by atoms with E-state index in [1.807, 2.05) is 0 Å². The smallest absolute Gasteiger partial charge is 0.0843 e. The lowest BCUT2D eigenvalue weighted by Crippen LogP contribution is -2.21. The molecule has 1 N–H and O–H groups in total. The first-order valence-electron chi connectivity index (χ1n) is 7.59. The average Bonchev–Trinajstić information content (AvgIpc) is 3.05. The zero-order chi connectivity index (χ0) is 13.9. The topological polar surface area (TPSA) is 41.3 Å². The maximum atomic E-state index is 9.05. The molecular weight excluding hydrogens is 250 g/mol. The number of aliphatic hydroxyl groups excluding tert-OH is 1. The molecule has 0 spiro atoms. The zero-order valence-electron chi connectivity index (χ0n) is 12.1. The molecule has 4 heteroatoms. The summed E-state index contributed by atoms with van der Waals surface area (Å²) in [5.74, 6) is 0.652. The number of benzene rings is 1. The number of fused-ring (bicyclic) bond motifs is 1. The van der Waals surface area contributed by atoms with E-state index in [4.69, 9.17) is 10.2 Å². The molecule has 1 aromatic heterocycles. The van der Waals surface area contributed by atoms with Gasteiger partial charge >= 0.3 is 0 Å². The van der Waals surface area contributed by atoms with Crippen LogP contribution in [-0.2, 0) is 13.1 Å². The van der Waals surface area contributed by atoms with Crippen molar-refractivity contribution < 1.29 is 5.11 Å². The maximum Gasteiger partial charge on any atom is 0.0843 e. The van der Waals surface area contributed by atoms with E-state index in [1.165, 1.54) is 23.0 Å². The fourth-order valence-corrected chi connectivity index (χ4v) is 3.24. The second kappa shape index (κ2) is 5.94. The molecule has 0 saturated carbocycles. The van der Waals surface area contributed by atoms with Crippen molar-refractivity contribution in [3.63, 3.8) is 0 Å². The number of hydrogen-bond donors (Lipinski definition) is 1. The van der Waals surface area contributed by atoms with Crippen LogP contribution in [0.2, 0.25) is 0 Å². The first kappa shape index (κ1) is 13.6. The minimum Gasteiger partial charge on any atom is -0.396 e. The second-order valence-electron chi connectivity index (χ2n) is 5.68. The van der Waals surface area contributed by atoms with Crippen molar-refractivity contribution in [2.24, 2.45) is 5.92 Å². The summed E-state index contributed by atoms with van der Waals surface area (Å²) < 4.78 is 2.09. The van der Waals surface area contributed by atoms with Gasteiger partial charge in [-0.3, -0.25) is 9.58 Å². The van der Waals surface area contributed by atoms with E-state index >= 15 is 0 Å². The molecule has 1 atom stereocenters. The number of para-hydroxylation sites is 1. The third-order valence-electron chi connectivity index (χ3n) is 4.31. The molecule has 4 nitrogen and oxygen atoms in total. The highest BCUT2D eigenvalue weighted by Crippen LogP contribution is 2.24. The number of aryl methyl sites for hydroxylation is 1. The summed E-state index contributed by atoms with van der Waals surface area (Å²) in [5.41, 5.74) is 2.42. The van der Waals surface area contributed by atoms with Crippen LogP contribution in [0.3, 0.4) is 0 Å². The molecular formula is C16H23N3O. The Hall–Kier alpha value is -1.39. The summed E-state index contributed by atoms with van der Waals surface area (Å²) in [7, 11) is 0. The lowest BCUT2D eigenvalue weighted by molar-refractivity contribution is 0.249. The summed E-state index contributed by atoms with van der Waals surface area (Å²) in [5, 5.41) is 15.1. The number of aromatic nitrogens is 2. The molecule has 1 aliphatic heterocycles. The van der Waals surface area contributed by atoms with Crippen molar-refractivity contribution in [2.75, 3.05) is 19.7 Å². The van der Waals surface area contributed by atoms with Gasteiger partial charge in [-0.2, -0.15) is 5.10 Å². The van der Waals surface area contributed by atoms with Crippen LogP contribution >= 0.6 is 0 Å². The predicted molar refractivity (Wildman–Crippen MR) is 80.5 cm³/mol. The normalized spacial score (nSPS) is 20.0. The summed E-state index contributed by atoms with van der Waals surface area (Å²) >= 11 is 0. The molecule has 20 heavy (non-hydrogen) atoms. The molecule has 108 valence electrons. The molecule has 1 aromatic carbocycles. The molecule has 1 fully saturated rings. The van der Waals surface area contributed by atoms with Crippen molar-refractivity contribution >= 4 is 10.9 Å². The van der Waals surface area contributed by atoms with E-state index in [1.54, 1.807) is 0 Å². The van der Waals surface area contributed by atoms with Crippen LogP contribution < -0.4 is 0 Å². The van der Waals surface area contributed by atoms with Crippen LogP contribution in [0.1, 0.15) is 25.5 Å². The van der Waals surface area contributed by atoms with Crippen LogP contribution in [0.4, 0.5) is 0 Å². The van der Waals surface area contributed by atoms with Crippen LogP contribution in [0.25, 0.3) is 10.9 Å². The molecule has 1 unspecified atom stereocenters. The van der Waals surface area contributed by atoms with Crippen molar-refractivity contribution in [1.29, 1.82) is 0 Å². The third kappa shape index (κ3) is 2.58. The molecule has 0 amide bonds. The van der Waals surface area contributed by atoms with Crippen LogP contribution in [-0.4, -0.2) is 39.5 Å². The third-order valence-corrected chi connectivity index (χ3v) is 4.31. The Labute approximate surface area is 120 Å². The Bertz CT molecular complexity index is 578. The van der Waals surface area contributed by atoms with E-state index in [2.05, 4.69) is 40.8 Å². The van der Waals surface area contributed by atoms with Gasteiger partial charge in [0, 0.05) is 31.6 Å². The highest BCUT2D eigenvalue weighted by Gasteiger charge is 2.23. The summed E-state index contributed by atoms with van der Waals surface area (Å²) in [6.07, 6.45) is 2.13. The minimum absolute atomic E-state index is 0.311. The van der Waals surface area contributed by atoms with Crippen molar-refractivity contribution in [2.45, 2.75) is 32.9 Å². The maximum absolute atomic E-state index is 9.05. The second-order valence-corrected chi connectivity index (χ2v) is 5.68. The summed E-state index contributed by atoms with van der Waals surface area (Å²) in [6, 6.07) is 8.48. The van der Waals surface area contributed by atoms with Gasteiger partial charge in [-0.05, 0) is 38.3 Å². The first-order chi connectivity index (χ1) is 9.81. The minimum atomic E-state index is 0.311. The van der Waals surface area contributed by atoms with E-state index < -0.39 is 0 Å². The van der Waals surface area contributed by atoms with Gasteiger partial charge in [0.25, 0.3) is 0 Å². The Morgan fingerprint density at radius 2 is 2.20 bits per heavy atom. The fourth-order valence-electron chi connectivity index (χ4n) is 3.24. The van der Waals surface area contributed by atoms with E-state index in [9.17, 15) is 0 Å². The largest absolute Gasteiger partial charge is 0.396 e. The van der Waals surface area contributed by atoms with Gasteiger partial charge in [-0.15, -0.1) is 0 Å². The molecule has 0 aliphatic carbocycles. The first-order valence-corrected chi connectivity index (χ1v) is 7.59. The molecule has 1 aliphatic rings. The Morgan fingerprint density at radius 3 is 3.00 bits per heavy atom. The number of nitrogens with zero attached hydrogens (tertiary/aromatic N) is 3. The number of likely N-dealkylation sites (tertiary alicyclic amines) is 1. The SMILES string of the molecule is CCn1nc(CN2CCC(CCO)C2)c2ccccc21. The fraction of sp³-hybridized carbons (Fsp3) is 0.562. The number of hydrogen-bond acceptors (Lipinski definition) is 3. The monoisotopic (exact) mass is 273 g/mol. The zero-order valence-corrected chi connectivity index (χ0v) is 12.1. The van der Waals surface area contributed by atoms with Gasteiger partial charge in [-0.1, -0.05) is 18.2 Å².